The number of benzene rings is 2. The van der Waals surface area contributed by atoms with Crippen molar-refractivity contribution in [3.8, 4) is 0 Å². The van der Waals surface area contributed by atoms with E-state index >= 15 is 0 Å². The molecule has 0 radical (unpaired) electrons. The molecular weight excluding hydrogens is 368 g/mol. The fourth-order valence-electron chi connectivity index (χ4n) is 1.91. The van der Waals surface area contributed by atoms with Gasteiger partial charge in [-0.25, -0.2) is 8.42 Å². The maximum absolute atomic E-state index is 12.0. The second kappa shape index (κ2) is 8.41. The van der Waals surface area contributed by atoms with Crippen LogP contribution in [0.4, 0.5) is 11.4 Å². The molecule has 0 aliphatic heterocycles. The summed E-state index contributed by atoms with van der Waals surface area (Å²) in [5, 5.41) is 3.43. The lowest BCUT2D eigenvalue weighted by Crippen LogP contribution is -2.15. The van der Waals surface area contributed by atoms with Crippen molar-refractivity contribution in [2.24, 2.45) is 0 Å². The van der Waals surface area contributed by atoms with E-state index in [4.69, 9.17) is 11.6 Å². The van der Waals surface area contributed by atoms with Gasteiger partial charge in [0.05, 0.1) is 17.7 Å². The summed E-state index contributed by atoms with van der Waals surface area (Å²) >= 11 is 7.31. The zero-order valence-corrected chi connectivity index (χ0v) is 15.3. The average molecular weight is 385 g/mol. The summed E-state index contributed by atoms with van der Waals surface area (Å²) in [5.74, 6) is 0.859. The van der Waals surface area contributed by atoms with E-state index in [1.807, 2.05) is 24.3 Å². The quantitative estimate of drug-likeness (QED) is 0.765. The Hall–Kier alpha value is -1.70. The number of amides is 1. The molecule has 0 bridgehead atoms. The fraction of sp³-hybridized carbons (Fsp3) is 0.188. The van der Waals surface area contributed by atoms with Gasteiger partial charge in [0.2, 0.25) is 15.9 Å². The number of sulfonamides is 1. The molecule has 0 aliphatic carbocycles. The predicted octanol–water partition coefficient (Wildman–Crippen LogP) is 3.58. The molecule has 0 spiro atoms. The minimum Gasteiger partial charge on any atom is -0.325 e. The Morgan fingerprint density at radius 2 is 1.79 bits per heavy atom. The fourth-order valence-corrected chi connectivity index (χ4v) is 3.38. The molecule has 0 saturated heterocycles. The Morgan fingerprint density at radius 1 is 1.12 bits per heavy atom. The summed E-state index contributed by atoms with van der Waals surface area (Å²) in [6.07, 6.45) is 1.08. The van der Waals surface area contributed by atoms with Crippen LogP contribution in [0, 0.1) is 0 Å². The van der Waals surface area contributed by atoms with Crippen molar-refractivity contribution in [3.05, 3.63) is 59.1 Å². The van der Waals surface area contributed by atoms with Crippen LogP contribution in [0.1, 0.15) is 5.56 Å². The molecule has 0 aliphatic rings. The molecule has 2 rings (SSSR count). The lowest BCUT2D eigenvalue weighted by atomic mass is 10.2. The van der Waals surface area contributed by atoms with Gasteiger partial charge in [0.1, 0.15) is 0 Å². The first kappa shape index (κ1) is 18.6. The smallest absolute Gasteiger partial charge is 0.234 e. The minimum atomic E-state index is -3.35. The van der Waals surface area contributed by atoms with Crippen LogP contribution in [0.25, 0.3) is 0 Å². The van der Waals surface area contributed by atoms with Gasteiger partial charge in [-0.05, 0) is 35.9 Å². The standard InChI is InChI=1S/C16H17ClN2O3S2/c1-24(21,22)19-15-4-2-3-14(9-15)18-16(20)11-23-10-12-5-7-13(17)8-6-12/h2-9,19H,10-11H2,1H3,(H,18,20). The highest BCUT2D eigenvalue weighted by molar-refractivity contribution is 7.99. The first-order valence-electron chi connectivity index (χ1n) is 7.02. The van der Waals surface area contributed by atoms with E-state index in [-0.39, 0.29) is 5.91 Å². The van der Waals surface area contributed by atoms with E-state index in [9.17, 15) is 13.2 Å². The molecule has 1 amide bonds. The summed E-state index contributed by atoms with van der Waals surface area (Å²) < 4.78 is 24.8. The van der Waals surface area contributed by atoms with E-state index in [1.54, 1.807) is 24.3 Å². The predicted molar refractivity (Wildman–Crippen MR) is 101 cm³/mol. The van der Waals surface area contributed by atoms with Crippen molar-refractivity contribution in [1.29, 1.82) is 0 Å². The molecule has 2 aromatic rings. The van der Waals surface area contributed by atoms with Crippen LogP contribution in [0.3, 0.4) is 0 Å². The summed E-state index contributed by atoms with van der Waals surface area (Å²) in [6, 6.07) is 14.0. The first-order chi connectivity index (χ1) is 11.3. The molecule has 8 heteroatoms. The van der Waals surface area contributed by atoms with E-state index in [1.165, 1.54) is 11.8 Å². The average Bonchev–Trinajstić information content (AvgIpc) is 2.48. The maximum Gasteiger partial charge on any atom is 0.234 e. The second-order valence-corrected chi connectivity index (χ2v) is 8.29. The highest BCUT2D eigenvalue weighted by Crippen LogP contribution is 2.18. The summed E-state index contributed by atoms with van der Waals surface area (Å²) in [4.78, 5) is 12.0. The van der Waals surface area contributed by atoms with Crippen LogP contribution in [-0.2, 0) is 20.6 Å². The highest BCUT2D eigenvalue weighted by Gasteiger charge is 2.06. The summed E-state index contributed by atoms with van der Waals surface area (Å²) in [5.41, 5.74) is 2.04. The number of hydrogen-bond acceptors (Lipinski definition) is 4. The van der Waals surface area contributed by atoms with Gasteiger partial charge in [0, 0.05) is 16.5 Å². The van der Waals surface area contributed by atoms with E-state index in [0.29, 0.717) is 27.9 Å². The van der Waals surface area contributed by atoms with Gasteiger partial charge < -0.3 is 5.32 Å². The zero-order valence-electron chi connectivity index (χ0n) is 13.0. The SMILES string of the molecule is CS(=O)(=O)Nc1cccc(NC(=O)CSCc2ccc(Cl)cc2)c1. The van der Waals surface area contributed by atoms with E-state index in [2.05, 4.69) is 10.0 Å². The third-order valence-electron chi connectivity index (χ3n) is 2.86. The highest BCUT2D eigenvalue weighted by atomic mass is 35.5. The van der Waals surface area contributed by atoms with Crippen LogP contribution in [0.2, 0.25) is 5.02 Å². The van der Waals surface area contributed by atoms with Gasteiger partial charge in [-0.15, -0.1) is 11.8 Å². The first-order valence-corrected chi connectivity index (χ1v) is 10.4. The van der Waals surface area contributed by atoms with Gasteiger partial charge in [0.15, 0.2) is 0 Å². The van der Waals surface area contributed by atoms with Crippen molar-refractivity contribution in [2.75, 3.05) is 22.0 Å². The van der Waals surface area contributed by atoms with E-state index < -0.39 is 10.0 Å². The van der Waals surface area contributed by atoms with Crippen molar-refractivity contribution in [3.63, 3.8) is 0 Å². The number of thioether (sulfide) groups is 1. The van der Waals surface area contributed by atoms with Crippen LogP contribution < -0.4 is 10.0 Å². The molecule has 2 aromatic carbocycles. The third-order valence-corrected chi connectivity index (χ3v) is 4.73. The number of hydrogen-bond donors (Lipinski definition) is 2. The van der Waals surface area contributed by atoms with Gasteiger partial charge in [0.25, 0.3) is 0 Å². The Bertz CT molecular complexity index is 808. The van der Waals surface area contributed by atoms with Crippen LogP contribution in [-0.4, -0.2) is 26.3 Å². The summed E-state index contributed by atoms with van der Waals surface area (Å²) in [7, 11) is -3.35. The van der Waals surface area contributed by atoms with Crippen LogP contribution >= 0.6 is 23.4 Å². The Labute approximate surface area is 150 Å². The molecular formula is C16H17ClN2O3S2. The minimum absolute atomic E-state index is 0.148. The molecule has 0 fully saturated rings. The molecule has 0 saturated carbocycles. The number of carbonyl (C=O) groups is 1. The van der Waals surface area contributed by atoms with Gasteiger partial charge >= 0.3 is 0 Å². The van der Waals surface area contributed by atoms with Crippen molar-refractivity contribution in [2.45, 2.75) is 5.75 Å². The summed E-state index contributed by atoms with van der Waals surface area (Å²) in [6.45, 7) is 0. The second-order valence-electron chi connectivity index (χ2n) is 5.12. The number of carbonyl (C=O) groups excluding carboxylic acids is 1. The lowest BCUT2D eigenvalue weighted by molar-refractivity contribution is -0.113. The van der Waals surface area contributed by atoms with Crippen molar-refractivity contribution < 1.29 is 13.2 Å². The third kappa shape index (κ3) is 6.82. The van der Waals surface area contributed by atoms with Crippen molar-refractivity contribution in [1.82, 2.24) is 0 Å². The number of anilines is 2. The molecule has 128 valence electrons. The Balaban J connectivity index is 1.83. The van der Waals surface area contributed by atoms with Crippen molar-refractivity contribution >= 4 is 50.7 Å². The lowest BCUT2D eigenvalue weighted by Gasteiger charge is -2.08. The molecule has 5 nitrogen and oxygen atoms in total. The molecule has 24 heavy (non-hydrogen) atoms. The monoisotopic (exact) mass is 384 g/mol. The van der Waals surface area contributed by atoms with Crippen LogP contribution in [0.5, 0.6) is 0 Å². The maximum atomic E-state index is 12.0. The zero-order chi connectivity index (χ0) is 17.6. The van der Waals surface area contributed by atoms with Gasteiger partial charge in [-0.2, -0.15) is 0 Å². The Morgan fingerprint density at radius 3 is 2.46 bits per heavy atom. The number of halogens is 1. The molecule has 0 atom stereocenters. The Kier molecular flexibility index (Phi) is 6.53. The largest absolute Gasteiger partial charge is 0.325 e. The van der Waals surface area contributed by atoms with Gasteiger partial charge in [-0.3, -0.25) is 9.52 Å². The number of nitrogens with one attached hydrogen (secondary N) is 2. The molecule has 0 heterocycles. The molecule has 2 N–H and O–H groups in total. The van der Waals surface area contributed by atoms with E-state index in [0.717, 1.165) is 11.8 Å². The van der Waals surface area contributed by atoms with Crippen LogP contribution in [0.15, 0.2) is 48.5 Å². The molecule has 0 unspecified atom stereocenters. The normalized spacial score (nSPS) is 11.1. The van der Waals surface area contributed by atoms with Gasteiger partial charge in [-0.1, -0.05) is 29.8 Å². The topological polar surface area (TPSA) is 75.3 Å². The molecule has 0 aromatic heterocycles. The number of rotatable bonds is 7.